The van der Waals surface area contributed by atoms with E-state index in [1.807, 2.05) is 20.8 Å². The number of halogens is 1. The monoisotopic (exact) mass is 445 g/mol. The van der Waals surface area contributed by atoms with Crippen LogP contribution in [0.3, 0.4) is 0 Å². The van der Waals surface area contributed by atoms with Gasteiger partial charge >= 0.3 is 5.97 Å². The average molecular weight is 446 g/mol. The van der Waals surface area contributed by atoms with Crippen LogP contribution in [0.1, 0.15) is 44.4 Å². The fourth-order valence-electron chi connectivity index (χ4n) is 3.85. The van der Waals surface area contributed by atoms with Crippen LogP contribution in [0.4, 0.5) is 5.69 Å². The number of nitrogens with zero attached hydrogens (tertiary/aromatic N) is 1. The summed E-state index contributed by atoms with van der Waals surface area (Å²) in [7, 11) is 0. The number of fused-ring (bicyclic) bond motifs is 3. The molecule has 4 rings (SSSR count). The molecule has 31 heavy (non-hydrogen) atoms. The van der Waals surface area contributed by atoms with Crippen molar-refractivity contribution in [1.82, 2.24) is 0 Å². The molecule has 0 saturated carbocycles. The van der Waals surface area contributed by atoms with Gasteiger partial charge in [0.1, 0.15) is 23.7 Å². The van der Waals surface area contributed by atoms with Gasteiger partial charge in [-0.25, -0.2) is 0 Å². The number of aliphatic carboxylic acids is 1. The summed E-state index contributed by atoms with van der Waals surface area (Å²) in [4.78, 5) is 26.6. The lowest BCUT2D eigenvalue weighted by Crippen LogP contribution is -2.44. The molecule has 1 N–H and O–H groups in total. The van der Waals surface area contributed by atoms with Crippen molar-refractivity contribution in [1.29, 1.82) is 0 Å². The van der Waals surface area contributed by atoms with E-state index < -0.39 is 30.5 Å². The zero-order valence-electron chi connectivity index (χ0n) is 17.6. The van der Waals surface area contributed by atoms with Crippen molar-refractivity contribution in [3.05, 3.63) is 52.5 Å². The van der Waals surface area contributed by atoms with E-state index in [2.05, 4.69) is 0 Å². The molecule has 2 aliphatic rings. The Morgan fingerprint density at radius 2 is 1.94 bits per heavy atom. The van der Waals surface area contributed by atoms with E-state index in [-0.39, 0.29) is 12.2 Å². The molecule has 164 valence electrons. The minimum atomic E-state index is -1.16. The standard InChI is InChI=1S/C23H24ClNO6/c1-23(2,3)11-25-17-7-4-13(24)8-16(17)21(31-19(22(25)28)10-20(26)27)15-6-5-14-9-18(15)30-12-29-14/h4-9,19,21H,10-12H2,1-3H3,(H,26,27)/t19-,21-/m1/s1. The van der Waals surface area contributed by atoms with Crippen molar-refractivity contribution >= 4 is 29.2 Å². The number of carboxylic acid groups (broad SMARTS) is 1. The first-order valence-electron chi connectivity index (χ1n) is 10.00. The Hall–Kier alpha value is -2.77. The van der Waals surface area contributed by atoms with E-state index in [1.165, 1.54) is 0 Å². The Kier molecular flexibility index (Phi) is 5.58. The molecule has 2 aliphatic heterocycles. The smallest absolute Gasteiger partial charge is 0.306 e. The van der Waals surface area contributed by atoms with E-state index in [0.29, 0.717) is 39.9 Å². The van der Waals surface area contributed by atoms with E-state index in [1.54, 1.807) is 41.3 Å². The Morgan fingerprint density at radius 1 is 1.16 bits per heavy atom. The molecule has 0 saturated heterocycles. The molecular weight excluding hydrogens is 422 g/mol. The molecule has 0 aliphatic carbocycles. The predicted molar refractivity (Wildman–Crippen MR) is 115 cm³/mol. The number of hydrogen-bond acceptors (Lipinski definition) is 5. The molecule has 0 fully saturated rings. The molecule has 8 heteroatoms. The normalized spacial score (nSPS) is 20.4. The van der Waals surface area contributed by atoms with E-state index in [4.69, 9.17) is 25.8 Å². The quantitative estimate of drug-likeness (QED) is 0.750. The molecule has 1 amide bonds. The highest BCUT2D eigenvalue weighted by Crippen LogP contribution is 2.44. The second kappa shape index (κ2) is 8.05. The Morgan fingerprint density at radius 3 is 2.65 bits per heavy atom. The van der Waals surface area contributed by atoms with Crippen LogP contribution >= 0.6 is 11.6 Å². The minimum Gasteiger partial charge on any atom is -0.481 e. The zero-order chi connectivity index (χ0) is 22.3. The SMILES string of the molecule is CC(C)(C)CN1C(=O)[C@@H](CC(=O)O)O[C@H](c2ccc3cc2OCO3)c2cc(Cl)ccc21. The summed E-state index contributed by atoms with van der Waals surface area (Å²) in [6.07, 6.45) is -2.36. The number of benzene rings is 2. The summed E-state index contributed by atoms with van der Waals surface area (Å²) >= 11 is 6.33. The minimum absolute atomic E-state index is 0.0672. The Bertz CT molecular complexity index is 1030. The maximum absolute atomic E-state index is 13.5. The van der Waals surface area contributed by atoms with Gasteiger partial charge in [0.15, 0.2) is 0 Å². The molecule has 2 bridgehead atoms. The average Bonchev–Trinajstić information content (AvgIpc) is 2.78. The fourth-order valence-corrected chi connectivity index (χ4v) is 4.03. The summed E-state index contributed by atoms with van der Waals surface area (Å²) in [5, 5.41) is 9.93. The third-order valence-electron chi connectivity index (χ3n) is 5.10. The fraction of sp³-hybridized carbons (Fsp3) is 0.391. The molecule has 2 heterocycles. The van der Waals surface area contributed by atoms with Crippen LogP contribution in [0.15, 0.2) is 36.4 Å². The Balaban J connectivity index is 1.89. The molecular formula is C23H24ClNO6. The first kappa shape index (κ1) is 21.5. The number of carboxylic acids is 1. The van der Waals surface area contributed by atoms with Gasteiger partial charge in [-0.2, -0.15) is 0 Å². The molecule has 2 atom stereocenters. The van der Waals surface area contributed by atoms with E-state index >= 15 is 0 Å². The molecule has 2 aromatic rings. The van der Waals surface area contributed by atoms with Crippen LogP contribution < -0.4 is 14.4 Å². The molecule has 0 radical (unpaired) electrons. The van der Waals surface area contributed by atoms with Crippen molar-refractivity contribution in [2.75, 3.05) is 18.2 Å². The summed E-state index contributed by atoms with van der Waals surface area (Å²) < 4.78 is 17.2. The lowest BCUT2D eigenvalue weighted by Gasteiger charge is -2.31. The van der Waals surface area contributed by atoms with Crippen molar-refractivity contribution < 1.29 is 28.9 Å². The van der Waals surface area contributed by atoms with Crippen LogP contribution in [-0.4, -0.2) is 36.4 Å². The Labute approximate surface area is 185 Å². The topological polar surface area (TPSA) is 85.3 Å². The summed E-state index contributed by atoms with van der Waals surface area (Å²) in [6.45, 7) is 6.51. The summed E-state index contributed by atoms with van der Waals surface area (Å²) in [5.41, 5.74) is 1.77. The number of carbonyl (C=O) groups is 2. The van der Waals surface area contributed by atoms with Crippen molar-refractivity contribution in [2.45, 2.75) is 39.4 Å². The highest BCUT2D eigenvalue weighted by atomic mass is 35.5. The zero-order valence-corrected chi connectivity index (χ0v) is 18.3. The molecule has 2 aromatic carbocycles. The second-order valence-electron chi connectivity index (χ2n) is 8.90. The number of amides is 1. The first-order valence-corrected chi connectivity index (χ1v) is 10.4. The van der Waals surface area contributed by atoms with Crippen molar-refractivity contribution in [3.8, 4) is 11.5 Å². The third-order valence-corrected chi connectivity index (χ3v) is 5.34. The van der Waals surface area contributed by atoms with Gasteiger partial charge in [0, 0.05) is 34.4 Å². The van der Waals surface area contributed by atoms with E-state index in [9.17, 15) is 14.7 Å². The summed E-state index contributed by atoms with van der Waals surface area (Å²) in [6, 6.07) is 10.6. The maximum Gasteiger partial charge on any atom is 0.306 e. The number of anilines is 1. The van der Waals surface area contributed by atoms with Gasteiger partial charge in [-0.3, -0.25) is 9.59 Å². The molecule has 7 nitrogen and oxygen atoms in total. The number of hydrogen-bond donors (Lipinski definition) is 1. The van der Waals surface area contributed by atoms with Gasteiger partial charge in [-0.05, 0) is 35.7 Å². The molecule has 0 spiro atoms. The second-order valence-corrected chi connectivity index (χ2v) is 9.33. The van der Waals surface area contributed by atoms with Crippen molar-refractivity contribution in [2.24, 2.45) is 5.41 Å². The van der Waals surface area contributed by atoms with Gasteiger partial charge in [-0.1, -0.05) is 32.4 Å². The molecule has 0 unspecified atom stereocenters. The number of carbonyl (C=O) groups excluding carboxylic acids is 1. The van der Waals surface area contributed by atoms with Crippen LogP contribution in [-0.2, 0) is 14.3 Å². The van der Waals surface area contributed by atoms with Gasteiger partial charge in [-0.15, -0.1) is 0 Å². The van der Waals surface area contributed by atoms with Gasteiger partial charge in [0.25, 0.3) is 5.91 Å². The highest BCUT2D eigenvalue weighted by Gasteiger charge is 2.40. The lowest BCUT2D eigenvalue weighted by molar-refractivity contribution is -0.147. The summed E-state index contributed by atoms with van der Waals surface area (Å²) in [5.74, 6) is -0.279. The van der Waals surface area contributed by atoms with Crippen LogP contribution in [0.5, 0.6) is 11.5 Å². The van der Waals surface area contributed by atoms with E-state index in [0.717, 1.165) is 0 Å². The third kappa shape index (κ3) is 4.48. The van der Waals surface area contributed by atoms with Crippen LogP contribution in [0.2, 0.25) is 5.02 Å². The van der Waals surface area contributed by atoms with Crippen LogP contribution in [0, 0.1) is 5.41 Å². The largest absolute Gasteiger partial charge is 0.481 e. The van der Waals surface area contributed by atoms with Gasteiger partial charge in [0.2, 0.25) is 6.79 Å². The van der Waals surface area contributed by atoms with Gasteiger partial charge < -0.3 is 24.2 Å². The van der Waals surface area contributed by atoms with Gasteiger partial charge in [0.05, 0.1) is 6.42 Å². The number of ether oxygens (including phenoxy) is 3. The lowest BCUT2D eigenvalue weighted by atomic mass is 9.94. The first-order chi connectivity index (χ1) is 14.6. The van der Waals surface area contributed by atoms with Crippen molar-refractivity contribution in [3.63, 3.8) is 0 Å². The van der Waals surface area contributed by atoms with Crippen LogP contribution in [0.25, 0.3) is 0 Å². The number of rotatable bonds is 4. The molecule has 0 aromatic heterocycles. The predicted octanol–water partition coefficient (Wildman–Crippen LogP) is 4.41. The maximum atomic E-state index is 13.5. The highest BCUT2D eigenvalue weighted by molar-refractivity contribution is 6.30.